The molecule has 0 saturated heterocycles. The Hall–Kier alpha value is -1.74. The van der Waals surface area contributed by atoms with Gasteiger partial charge in [-0.05, 0) is 23.7 Å². The normalized spacial score (nSPS) is 9.47. The number of ether oxygens (including phenoxy) is 2. The van der Waals surface area contributed by atoms with Gasteiger partial charge in [-0.1, -0.05) is 25.3 Å². The summed E-state index contributed by atoms with van der Waals surface area (Å²) >= 11 is 5.42. The molecular weight excluding hydrogens is 240 g/mol. The minimum absolute atomic E-state index is 0.326. The highest BCUT2D eigenvalue weighted by atomic mass is 35.5. The van der Waals surface area contributed by atoms with Gasteiger partial charge in [0.2, 0.25) is 0 Å². The molecule has 0 aliphatic carbocycles. The third kappa shape index (κ3) is 4.33. The first-order valence-electron chi connectivity index (χ1n) is 4.99. The molecule has 4 heteroatoms. The Kier molecular flexibility index (Phi) is 5.30. The lowest BCUT2D eigenvalue weighted by Crippen LogP contribution is -1.99. The number of carbonyl (C=O) groups is 1. The molecule has 1 aromatic carbocycles. The molecule has 0 radical (unpaired) electrons. The Morgan fingerprint density at radius 2 is 1.59 bits per heavy atom. The van der Waals surface area contributed by atoms with Crippen molar-refractivity contribution in [2.45, 2.75) is 0 Å². The van der Waals surface area contributed by atoms with Crippen LogP contribution in [0.25, 0.3) is 0 Å². The van der Waals surface area contributed by atoms with Crippen LogP contribution in [0.4, 0.5) is 0 Å². The maximum absolute atomic E-state index is 11.1. The molecule has 90 valence electrons. The number of halogens is 1. The molecule has 1 aromatic rings. The van der Waals surface area contributed by atoms with Crippen LogP contribution in [0.2, 0.25) is 0 Å². The Morgan fingerprint density at radius 1 is 1.12 bits per heavy atom. The van der Waals surface area contributed by atoms with E-state index in [2.05, 4.69) is 13.2 Å². The first kappa shape index (κ1) is 13.3. The monoisotopic (exact) mass is 252 g/mol. The van der Waals surface area contributed by atoms with Crippen molar-refractivity contribution < 1.29 is 14.3 Å². The Morgan fingerprint density at radius 3 is 1.94 bits per heavy atom. The highest BCUT2D eigenvalue weighted by Crippen LogP contribution is 2.24. The van der Waals surface area contributed by atoms with Gasteiger partial charge in [-0.2, -0.15) is 0 Å². The zero-order chi connectivity index (χ0) is 12.7. The lowest BCUT2D eigenvalue weighted by atomic mass is 10.2. The zero-order valence-corrected chi connectivity index (χ0v) is 10.1. The summed E-state index contributed by atoms with van der Waals surface area (Å²) in [6.07, 6.45) is 3.22. The largest absolute Gasteiger partial charge is 0.489 e. The summed E-state index contributed by atoms with van der Waals surface area (Å²) in [5.74, 6) is 1.02. The van der Waals surface area contributed by atoms with Crippen LogP contribution in [0.3, 0.4) is 0 Å². The Labute approximate surface area is 105 Å². The van der Waals surface area contributed by atoms with Gasteiger partial charge < -0.3 is 9.47 Å². The van der Waals surface area contributed by atoms with Gasteiger partial charge in [-0.3, -0.25) is 4.79 Å². The van der Waals surface area contributed by atoms with E-state index in [1.807, 2.05) is 0 Å². The highest BCUT2D eigenvalue weighted by Gasteiger charge is 2.07. The summed E-state index contributed by atoms with van der Waals surface area (Å²) < 4.78 is 10.7. The van der Waals surface area contributed by atoms with E-state index in [4.69, 9.17) is 21.1 Å². The standard InChI is InChI=1S/C13H13ClO3/c1-3-5-16-11-7-10(13(14)15)8-12(9-11)17-6-4-2/h3-4,7-9H,1-2,5-6H2. The van der Waals surface area contributed by atoms with E-state index in [1.165, 1.54) is 0 Å². The summed E-state index contributed by atoms with van der Waals surface area (Å²) in [7, 11) is 0. The third-order valence-corrected chi connectivity index (χ3v) is 2.06. The molecule has 0 bridgehead atoms. The van der Waals surface area contributed by atoms with Gasteiger partial charge in [0.25, 0.3) is 5.24 Å². The van der Waals surface area contributed by atoms with Crippen LogP contribution in [-0.4, -0.2) is 18.5 Å². The summed E-state index contributed by atoms with van der Waals surface area (Å²) in [5.41, 5.74) is 0.326. The summed E-state index contributed by atoms with van der Waals surface area (Å²) in [4.78, 5) is 11.1. The molecule has 1 rings (SSSR count). The minimum Gasteiger partial charge on any atom is -0.489 e. The minimum atomic E-state index is -0.558. The average Bonchev–Trinajstić information content (AvgIpc) is 2.33. The summed E-state index contributed by atoms with van der Waals surface area (Å²) in [5, 5.41) is -0.558. The van der Waals surface area contributed by atoms with E-state index >= 15 is 0 Å². The molecule has 0 aliphatic rings. The van der Waals surface area contributed by atoms with Crippen LogP contribution in [0.5, 0.6) is 11.5 Å². The number of hydrogen-bond acceptors (Lipinski definition) is 3. The second-order valence-electron chi connectivity index (χ2n) is 3.17. The molecule has 0 aliphatic heterocycles. The van der Waals surface area contributed by atoms with E-state index in [-0.39, 0.29) is 0 Å². The number of carbonyl (C=O) groups excluding carboxylic acids is 1. The van der Waals surface area contributed by atoms with E-state index in [0.29, 0.717) is 30.3 Å². The van der Waals surface area contributed by atoms with Gasteiger partial charge in [0.1, 0.15) is 24.7 Å². The number of benzene rings is 1. The van der Waals surface area contributed by atoms with Crippen LogP contribution in [-0.2, 0) is 0 Å². The Bertz CT molecular complexity index is 396. The molecule has 0 saturated carbocycles. The van der Waals surface area contributed by atoms with Crippen molar-refractivity contribution in [1.29, 1.82) is 0 Å². The maximum atomic E-state index is 11.1. The third-order valence-electron chi connectivity index (χ3n) is 1.84. The molecule has 0 spiro atoms. The molecule has 0 fully saturated rings. The first-order valence-corrected chi connectivity index (χ1v) is 5.37. The van der Waals surface area contributed by atoms with Crippen molar-refractivity contribution in [1.82, 2.24) is 0 Å². The zero-order valence-electron chi connectivity index (χ0n) is 9.32. The van der Waals surface area contributed by atoms with E-state index in [1.54, 1.807) is 30.4 Å². The predicted octanol–water partition coefficient (Wildman–Crippen LogP) is 3.20. The maximum Gasteiger partial charge on any atom is 0.252 e. The van der Waals surface area contributed by atoms with Crippen LogP contribution in [0, 0.1) is 0 Å². The lowest BCUT2D eigenvalue weighted by molar-refractivity contribution is 0.108. The van der Waals surface area contributed by atoms with Gasteiger partial charge in [0.05, 0.1) is 0 Å². The smallest absolute Gasteiger partial charge is 0.252 e. The highest BCUT2D eigenvalue weighted by molar-refractivity contribution is 6.67. The van der Waals surface area contributed by atoms with E-state index < -0.39 is 5.24 Å². The molecule has 0 unspecified atom stereocenters. The molecular formula is C13H13ClO3. The first-order chi connectivity index (χ1) is 8.17. The van der Waals surface area contributed by atoms with Crippen molar-refractivity contribution in [3.63, 3.8) is 0 Å². The van der Waals surface area contributed by atoms with Gasteiger partial charge in [0.15, 0.2) is 0 Å². The molecule has 0 aromatic heterocycles. The van der Waals surface area contributed by atoms with Crippen LogP contribution < -0.4 is 9.47 Å². The van der Waals surface area contributed by atoms with Crippen molar-refractivity contribution in [3.05, 3.63) is 49.1 Å². The molecule has 0 amide bonds. The molecule has 0 heterocycles. The summed E-state index contributed by atoms with van der Waals surface area (Å²) in [6.45, 7) is 7.78. The van der Waals surface area contributed by atoms with Gasteiger partial charge in [-0.25, -0.2) is 0 Å². The fourth-order valence-corrected chi connectivity index (χ4v) is 1.27. The molecule has 0 atom stereocenters. The fourth-order valence-electron chi connectivity index (χ4n) is 1.16. The van der Waals surface area contributed by atoms with Crippen LogP contribution in [0.15, 0.2) is 43.5 Å². The SMILES string of the molecule is C=CCOc1cc(OCC=C)cc(C(=O)Cl)c1. The van der Waals surface area contributed by atoms with E-state index in [9.17, 15) is 4.79 Å². The number of hydrogen-bond donors (Lipinski definition) is 0. The van der Waals surface area contributed by atoms with Gasteiger partial charge in [0, 0.05) is 11.6 Å². The second kappa shape index (κ2) is 6.76. The van der Waals surface area contributed by atoms with Crippen molar-refractivity contribution in [2.75, 3.05) is 13.2 Å². The topological polar surface area (TPSA) is 35.5 Å². The quantitative estimate of drug-likeness (QED) is 0.552. The van der Waals surface area contributed by atoms with Crippen LogP contribution >= 0.6 is 11.6 Å². The summed E-state index contributed by atoms with van der Waals surface area (Å²) in [6, 6.07) is 4.79. The number of rotatable bonds is 7. The Balaban J connectivity index is 2.95. The fraction of sp³-hybridized carbons (Fsp3) is 0.154. The van der Waals surface area contributed by atoms with Crippen LogP contribution in [0.1, 0.15) is 10.4 Å². The van der Waals surface area contributed by atoms with Crippen molar-refractivity contribution in [2.24, 2.45) is 0 Å². The second-order valence-corrected chi connectivity index (χ2v) is 3.51. The molecule has 17 heavy (non-hydrogen) atoms. The molecule has 3 nitrogen and oxygen atoms in total. The lowest BCUT2D eigenvalue weighted by Gasteiger charge is -2.09. The van der Waals surface area contributed by atoms with Gasteiger partial charge in [-0.15, -0.1) is 0 Å². The molecule has 0 N–H and O–H groups in total. The predicted molar refractivity (Wildman–Crippen MR) is 68.0 cm³/mol. The van der Waals surface area contributed by atoms with Crippen molar-refractivity contribution in [3.8, 4) is 11.5 Å². The van der Waals surface area contributed by atoms with Gasteiger partial charge >= 0.3 is 0 Å². The van der Waals surface area contributed by atoms with Crippen molar-refractivity contribution >= 4 is 16.8 Å². The average molecular weight is 253 g/mol. The van der Waals surface area contributed by atoms with E-state index in [0.717, 1.165) is 0 Å².